The van der Waals surface area contributed by atoms with Gasteiger partial charge >= 0.3 is 0 Å². The zero-order valence-electron chi connectivity index (χ0n) is 23.3. The SMILES string of the molecule is O=C(CSc1nc(-c2ccccc2)c(-c2ccccc2)o1)Nc1ccc(N2CCN(C(=O)c3cccc(Br)c3)CC2)cc1. The van der Waals surface area contributed by atoms with E-state index in [4.69, 9.17) is 9.40 Å². The third-order valence-electron chi connectivity index (χ3n) is 7.17. The van der Waals surface area contributed by atoms with Crippen LogP contribution in [0.4, 0.5) is 11.4 Å². The van der Waals surface area contributed by atoms with E-state index in [2.05, 4.69) is 26.1 Å². The molecule has 1 aliphatic rings. The fraction of sp³-hybridized carbons (Fsp3) is 0.147. The van der Waals surface area contributed by atoms with Gasteiger partial charge in [-0.25, -0.2) is 4.98 Å². The number of amides is 2. The lowest BCUT2D eigenvalue weighted by Gasteiger charge is -2.36. The fourth-order valence-corrected chi connectivity index (χ4v) is 6.01. The van der Waals surface area contributed by atoms with Gasteiger partial charge in [0.25, 0.3) is 11.1 Å². The maximum Gasteiger partial charge on any atom is 0.257 e. The topological polar surface area (TPSA) is 78.7 Å². The normalized spacial score (nSPS) is 13.1. The van der Waals surface area contributed by atoms with Crippen molar-refractivity contribution in [3.8, 4) is 22.6 Å². The third-order valence-corrected chi connectivity index (χ3v) is 8.49. The van der Waals surface area contributed by atoms with Gasteiger partial charge in [0.15, 0.2) is 5.76 Å². The zero-order valence-corrected chi connectivity index (χ0v) is 25.7. The molecule has 1 aliphatic heterocycles. The van der Waals surface area contributed by atoms with E-state index in [9.17, 15) is 9.59 Å². The van der Waals surface area contributed by atoms with Crippen molar-refractivity contribution in [1.29, 1.82) is 0 Å². The lowest BCUT2D eigenvalue weighted by molar-refractivity contribution is -0.113. The van der Waals surface area contributed by atoms with Gasteiger partial charge in [-0.1, -0.05) is 94.4 Å². The summed E-state index contributed by atoms with van der Waals surface area (Å²) in [7, 11) is 0. The van der Waals surface area contributed by atoms with E-state index in [-0.39, 0.29) is 17.6 Å². The Labute approximate surface area is 263 Å². The van der Waals surface area contributed by atoms with Crippen LogP contribution in [0.5, 0.6) is 0 Å². The van der Waals surface area contributed by atoms with Gasteiger partial charge in [0, 0.05) is 58.7 Å². The van der Waals surface area contributed by atoms with E-state index >= 15 is 0 Å². The zero-order chi connectivity index (χ0) is 29.6. The quantitative estimate of drug-likeness (QED) is 0.175. The number of nitrogens with zero attached hydrogens (tertiary/aromatic N) is 3. The lowest BCUT2D eigenvalue weighted by Crippen LogP contribution is -2.48. The molecule has 6 rings (SSSR count). The molecular weight excluding hydrogens is 624 g/mol. The van der Waals surface area contributed by atoms with E-state index < -0.39 is 0 Å². The smallest absolute Gasteiger partial charge is 0.257 e. The van der Waals surface area contributed by atoms with Crippen molar-refractivity contribution in [2.45, 2.75) is 5.22 Å². The predicted octanol–water partition coefficient (Wildman–Crippen LogP) is 7.46. The molecule has 0 radical (unpaired) electrons. The Kier molecular flexibility index (Phi) is 8.91. The molecule has 216 valence electrons. The summed E-state index contributed by atoms with van der Waals surface area (Å²) in [4.78, 5) is 34.5. The van der Waals surface area contributed by atoms with Crippen LogP contribution in [-0.4, -0.2) is 53.6 Å². The molecule has 2 amide bonds. The Hall–Kier alpha value is -4.34. The first kappa shape index (κ1) is 28.8. The van der Waals surface area contributed by atoms with Gasteiger partial charge in [-0.15, -0.1) is 0 Å². The molecule has 2 heterocycles. The number of hydrogen-bond donors (Lipinski definition) is 1. The number of rotatable bonds is 8. The van der Waals surface area contributed by atoms with Crippen LogP contribution < -0.4 is 10.2 Å². The second kappa shape index (κ2) is 13.3. The Bertz CT molecular complexity index is 1650. The molecule has 1 aromatic heterocycles. The van der Waals surface area contributed by atoms with Crippen LogP contribution in [0.3, 0.4) is 0 Å². The Balaban J connectivity index is 1.03. The van der Waals surface area contributed by atoms with Gasteiger partial charge < -0.3 is 19.5 Å². The number of anilines is 2. The van der Waals surface area contributed by atoms with Crippen molar-refractivity contribution in [2.75, 3.05) is 42.1 Å². The van der Waals surface area contributed by atoms with Crippen LogP contribution in [0.2, 0.25) is 0 Å². The van der Waals surface area contributed by atoms with Crippen LogP contribution in [0.15, 0.2) is 123 Å². The molecule has 0 unspecified atom stereocenters. The average Bonchev–Trinajstić information content (AvgIpc) is 3.49. The molecule has 5 aromatic rings. The van der Waals surface area contributed by atoms with Gasteiger partial charge in [-0.3, -0.25) is 9.59 Å². The number of hydrogen-bond acceptors (Lipinski definition) is 6. The van der Waals surface area contributed by atoms with E-state index in [1.165, 1.54) is 11.8 Å². The Morgan fingerprint density at radius 3 is 2.16 bits per heavy atom. The molecule has 1 fully saturated rings. The number of nitrogens with one attached hydrogen (secondary N) is 1. The largest absolute Gasteiger partial charge is 0.431 e. The summed E-state index contributed by atoms with van der Waals surface area (Å²) in [5.41, 5.74) is 5.12. The van der Waals surface area contributed by atoms with Crippen molar-refractivity contribution >= 4 is 50.9 Å². The highest BCUT2D eigenvalue weighted by Gasteiger charge is 2.23. The minimum atomic E-state index is -0.141. The van der Waals surface area contributed by atoms with Gasteiger partial charge in [-0.05, 0) is 42.5 Å². The number of carbonyl (C=O) groups is 2. The molecule has 0 aliphatic carbocycles. The highest BCUT2D eigenvalue weighted by Crippen LogP contribution is 2.35. The number of thioether (sulfide) groups is 1. The second-order valence-corrected chi connectivity index (χ2v) is 11.9. The number of oxazole rings is 1. The van der Waals surface area contributed by atoms with Crippen molar-refractivity contribution in [1.82, 2.24) is 9.88 Å². The summed E-state index contributed by atoms with van der Waals surface area (Å²) in [6, 6.07) is 35.1. The number of benzene rings is 4. The van der Waals surface area contributed by atoms with E-state index in [0.29, 0.717) is 29.6 Å². The van der Waals surface area contributed by atoms with E-state index in [0.717, 1.165) is 45.8 Å². The summed E-state index contributed by atoms with van der Waals surface area (Å²) in [5.74, 6) is 0.759. The van der Waals surface area contributed by atoms with Gasteiger partial charge in [0.05, 0.1) is 5.75 Å². The molecule has 43 heavy (non-hydrogen) atoms. The van der Waals surface area contributed by atoms with Crippen LogP contribution in [0, 0.1) is 0 Å². The predicted molar refractivity (Wildman–Crippen MR) is 175 cm³/mol. The van der Waals surface area contributed by atoms with Crippen molar-refractivity contribution in [3.63, 3.8) is 0 Å². The van der Waals surface area contributed by atoms with Crippen molar-refractivity contribution < 1.29 is 14.0 Å². The molecule has 7 nitrogen and oxygen atoms in total. The number of piperazine rings is 1. The van der Waals surface area contributed by atoms with E-state index in [1.54, 1.807) is 0 Å². The molecule has 0 spiro atoms. The first-order valence-electron chi connectivity index (χ1n) is 14.0. The van der Waals surface area contributed by atoms with Crippen molar-refractivity contribution in [2.24, 2.45) is 0 Å². The molecule has 0 atom stereocenters. The maximum atomic E-state index is 12.9. The summed E-state index contributed by atoms with van der Waals surface area (Å²) in [6.45, 7) is 2.79. The van der Waals surface area contributed by atoms with Gasteiger partial charge in [0.1, 0.15) is 5.69 Å². The minimum Gasteiger partial charge on any atom is -0.431 e. The average molecular weight is 654 g/mol. The number of carbonyl (C=O) groups excluding carboxylic acids is 2. The molecule has 1 N–H and O–H groups in total. The highest BCUT2D eigenvalue weighted by molar-refractivity contribution is 9.10. The molecule has 4 aromatic carbocycles. The highest BCUT2D eigenvalue weighted by atomic mass is 79.9. The van der Waals surface area contributed by atoms with E-state index in [1.807, 2.05) is 114 Å². The maximum absolute atomic E-state index is 12.9. The third kappa shape index (κ3) is 7.01. The minimum absolute atomic E-state index is 0.0502. The van der Waals surface area contributed by atoms with Gasteiger partial charge in [-0.2, -0.15) is 0 Å². The van der Waals surface area contributed by atoms with Crippen LogP contribution in [-0.2, 0) is 4.79 Å². The van der Waals surface area contributed by atoms with Crippen LogP contribution in [0.1, 0.15) is 10.4 Å². The fourth-order valence-electron chi connectivity index (χ4n) is 4.99. The molecule has 1 saturated heterocycles. The standard InChI is InChI=1S/C34H29BrN4O3S/c35-27-13-7-12-26(22-27)33(41)39-20-18-38(19-21-39)29-16-14-28(15-17-29)36-30(40)23-43-34-37-31(24-8-3-1-4-9-24)32(42-34)25-10-5-2-6-11-25/h1-17,22H,18-21,23H2,(H,36,40). The first-order chi connectivity index (χ1) is 21.0. The lowest BCUT2D eigenvalue weighted by atomic mass is 10.1. The number of halogens is 1. The van der Waals surface area contributed by atoms with Gasteiger partial charge in [0.2, 0.25) is 5.91 Å². The molecule has 0 saturated carbocycles. The first-order valence-corrected chi connectivity index (χ1v) is 15.8. The summed E-state index contributed by atoms with van der Waals surface area (Å²) in [5, 5.41) is 3.41. The summed E-state index contributed by atoms with van der Waals surface area (Å²) in [6.07, 6.45) is 0. The summed E-state index contributed by atoms with van der Waals surface area (Å²) < 4.78 is 7.03. The molecular formula is C34H29BrN4O3S. The monoisotopic (exact) mass is 652 g/mol. The van der Waals surface area contributed by atoms with Crippen LogP contribution in [0.25, 0.3) is 22.6 Å². The number of aromatic nitrogens is 1. The Morgan fingerprint density at radius 2 is 1.49 bits per heavy atom. The summed E-state index contributed by atoms with van der Waals surface area (Å²) >= 11 is 4.71. The Morgan fingerprint density at radius 1 is 0.814 bits per heavy atom. The van der Waals surface area contributed by atoms with Crippen molar-refractivity contribution in [3.05, 3.63) is 119 Å². The molecule has 9 heteroatoms. The van der Waals surface area contributed by atoms with Crippen LogP contribution >= 0.6 is 27.7 Å². The molecule has 0 bridgehead atoms. The second-order valence-electron chi connectivity index (χ2n) is 10.1.